The van der Waals surface area contributed by atoms with E-state index in [-0.39, 0.29) is 5.54 Å². The van der Waals surface area contributed by atoms with Crippen molar-refractivity contribution in [3.8, 4) is 5.75 Å². The van der Waals surface area contributed by atoms with Crippen LogP contribution in [-0.2, 0) is 0 Å². The largest absolute Gasteiger partial charge is 0.490 e. The van der Waals surface area contributed by atoms with Gasteiger partial charge in [-0.1, -0.05) is 26.2 Å². The minimum atomic E-state index is -0.00305. The molecule has 0 amide bonds. The SMILES string of the molecule is CCCOc1cccnc1NC1(CN)CCCCC1. The lowest BCUT2D eigenvalue weighted by Gasteiger charge is -2.37. The Labute approximate surface area is 115 Å². The van der Waals surface area contributed by atoms with Crippen LogP contribution in [0.5, 0.6) is 5.75 Å². The third-order valence-electron chi connectivity index (χ3n) is 3.82. The maximum atomic E-state index is 6.01. The van der Waals surface area contributed by atoms with Crippen molar-refractivity contribution in [3.05, 3.63) is 18.3 Å². The van der Waals surface area contributed by atoms with Gasteiger partial charge in [-0.05, 0) is 31.4 Å². The van der Waals surface area contributed by atoms with Crippen LogP contribution in [0.4, 0.5) is 5.82 Å². The van der Waals surface area contributed by atoms with Gasteiger partial charge in [-0.15, -0.1) is 0 Å². The first-order valence-electron chi connectivity index (χ1n) is 7.36. The van der Waals surface area contributed by atoms with E-state index in [0.717, 1.165) is 37.4 Å². The van der Waals surface area contributed by atoms with Crippen molar-refractivity contribution >= 4 is 5.82 Å². The number of nitrogens with one attached hydrogen (secondary N) is 1. The van der Waals surface area contributed by atoms with Gasteiger partial charge < -0.3 is 15.8 Å². The van der Waals surface area contributed by atoms with Gasteiger partial charge in [-0.25, -0.2) is 4.98 Å². The maximum absolute atomic E-state index is 6.01. The van der Waals surface area contributed by atoms with Crippen molar-refractivity contribution in [3.63, 3.8) is 0 Å². The molecule has 0 aliphatic heterocycles. The van der Waals surface area contributed by atoms with Crippen molar-refractivity contribution in [1.82, 2.24) is 4.98 Å². The molecule has 2 rings (SSSR count). The van der Waals surface area contributed by atoms with Crippen LogP contribution in [-0.4, -0.2) is 23.7 Å². The molecule has 19 heavy (non-hydrogen) atoms. The first-order valence-corrected chi connectivity index (χ1v) is 7.36. The second-order valence-corrected chi connectivity index (χ2v) is 5.37. The predicted octanol–water partition coefficient (Wildman–Crippen LogP) is 2.94. The molecule has 3 N–H and O–H groups in total. The Morgan fingerprint density at radius 2 is 2.16 bits per heavy atom. The Kier molecular flexibility index (Phi) is 5.02. The number of rotatable bonds is 6. The second kappa shape index (κ2) is 6.75. The molecule has 106 valence electrons. The molecule has 1 aromatic heterocycles. The van der Waals surface area contributed by atoms with Gasteiger partial charge in [0.1, 0.15) is 0 Å². The van der Waals surface area contributed by atoms with Crippen LogP contribution in [0.2, 0.25) is 0 Å². The normalized spacial score (nSPS) is 18.0. The topological polar surface area (TPSA) is 60.2 Å². The molecule has 1 aromatic rings. The van der Waals surface area contributed by atoms with Gasteiger partial charge in [0.05, 0.1) is 12.1 Å². The number of hydrogen-bond donors (Lipinski definition) is 2. The first-order chi connectivity index (χ1) is 9.29. The molecule has 4 heteroatoms. The molecule has 0 radical (unpaired) electrons. The van der Waals surface area contributed by atoms with Gasteiger partial charge in [0.2, 0.25) is 0 Å². The lowest BCUT2D eigenvalue weighted by molar-refractivity contribution is 0.308. The van der Waals surface area contributed by atoms with Gasteiger partial charge in [0.25, 0.3) is 0 Å². The van der Waals surface area contributed by atoms with E-state index in [1.54, 1.807) is 6.20 Å². The summed E-state index contributed by atoms with van der Waals surface area (Å²) in [5.74, 6) is 1.67. The summed E-state index contributed by atoms with van der Waals surface area (Å²) < 4.78 is 5.75. The zero-order chi connectivity index (χ0) is 13.6. The Morgan fingerprint density at radius 1 is 1.37 bits per heavy atom. The van der Waals surface area contributed by atoms with Gasteiger partial charge in [-0.3, -0.25) is 0 Å². The molecule has 1 aliphatic rings. The molecule has 0 bridgehead atoms. The highest BCUT2D eigenvalue weighted by Gasteiger charge is 2.31. The molecular formula is C15H25N3O. The summed E-state index contributed by atoms with van der Waals surface area (Å²) in [5, 5.41) is 3.56. The molecule has 1 fully saturated rings. The number of anilines is 1. The fraction of sp³-hybridized carbons (Fsp3) is 0.667. The summed E-state index contributed by atoms with van der Waals surface area (Å²) in [6.45, 7) is 3.47. The van der Waals surface area contributed by atoms with Crippen LogP contribution < -0.4 is 15.8 Å². The van der Waals surface area contributed by atoms with Gasteiger partial charge >= 0.3 is 0 Å². The predicted molar refractivity (Wildman–Crippen MR) is 78.5 cm³/mol. The summed E-state index contributed by atoms with van der Waals surface area (Å²) in [6, 6.07) is 3.88. The van der Waals surface area contributed by atoms with Crippen LogP contribution in [0, 0.1) is 0 Å². The Hall–Kier alpha value is -1.29. The number of pyridine rings is 1. The van der Waals surface area contributed by atoms with Crippen LogP contribution in [0.15, 0.2) is 18.3 Å². The van der Waals surface area contributed by atoms with Gasteiger partial charge in [0, 0.05) is 12.7 Å². The van der Waals surface area contributed by atoms with Crippen molar-refractivity contribution < 1.29 is 4.74 Å². The van der Waals surface area contributed by atoms with Crippen LogP contribution in [0.3, 0.4) is 0 Å². The Bertz CT molecular complexity index is 389. The molecule has 0 saturated heterocycles. The highest BCUT2D eigenvalue weighted by molar-refractivity contribution is 5.51. The summed E-state index contributed by atoms with van der Waals surface area (Å²) in [7, 11) is 0. The smallest absolute Gasteiger partial charge is 0.169 e. The van der Waals surface area contributed by atoms with Crippen LogP contribution in [0.1, 0.15) is 45.4 Å². The highest BCUT2D eigenvalue weighted by atomic mass is 16.5. The summed E-state index contributed by atoms with van der Waals surface area (Å²) in [5.41, 5.74) is 6.00. The Morgan fingerprint density at radius 3 is 2.84 bits per heavy atom. The van der Waals surface area contributed by atoms with Crippen LogP contribution >= 0.6 is 0 Å². The molecule has 0 atom stereocenters. The lowest BCUT2D eigenvalue weighted by atomic mass is 9.81. The Balaban J connectivity index is 2.12. The number of ether oxygens (including phenoxy) is 1. The van der Waals surface area contributed by atoms with E-state index in [1.807, 2.05) is 12.1 Å². The standard InChI is InChI=1S/C15H25N3O/c1-2-11-19-13-7-6-10-17-14(13)18-15(12-16)8-4-3-5-9-15/h6-7,10H,2-5,8-9,11-12,16H2,1H3,(H,17,18). The van der Waals surface area contributed by atoms with E-state index in [9.17, 15) is 0 Å². The maximum Gasteiger partial charge on any atom is 0.169 e. The van der Waals surface area contributed by atoms with Crippen LogP contribution in [0.25, 0.3) is 0 Å². The van der Waals surface area contributed by atoms with Gasteiger partial charge in [-0.2, -0.15) is 0 Å². The summed E-state index contributed by atoms with van der Waals surface area (Å²) in [6.07, 6.45) is 8.82. The van der Waals surface area contributed by atoms with E-state index in [4.69, 9.17) is 10.5 Å². The number of hydrogen-bond acceptors (Lipinski definition) is 4. The zero-order valence-electron chi connectivity index (χ0n) is 11.8. The van der Waals surface area contributed by atoms with E-state index in [2.05, 4.69) is 17.2 Å². The van der Waals surface area contributed by atoms with Crippen molar-refractivity contribution in [2.75, 3.05) is 18.5 Å². The third kappa shape index (κ3) is 3.60. The van der Waals surface area contributed by atoms with Gasteiger partial charge in [0.15, 0.2) is 11.6 Å². The monoisotopic (exact) mass is 263 g/mol. The molecule has 0 spiro atoms. The molecule has 1 saturated carbocycles. The number of nitrogens with zero attached hydrogens (tertiary/aromatic N) is 1. The van der Waals surface area contributed by atoms with E-state index in [0.29, 0.717) is 6.54 Å². The molecule has 0 unspecified atom stereocenters. The minimum Gasteiger partial charge on any atom is -0.490 e. The number of aromatic nitrogens is 1. The third-order valence-corrected chi connectivity index (χ3v) is 3.82. The molecule has 1 aliphatic carbocycles. The van der Waals surface area contributed by atoms with Crippen molar-refractivity contribution in [1.29, 1.82) is 0 Å². The fourth-order valence-corrected chi connectivity index (χ4v) is 2.67. The fourth-order valence-electron chi connectivity index (χ4n) is 2.67. The molecule has 0 aromatic carbocycles. The van der Waals surface area contributed by atoms with E-state index < -0.39 is 0 Å². The average Bonchev–Trinajstić information content (AvgIpc) is 2.47. The minimum absolute atomic E-state index is 0.00305. The van der Waals surface area contributed by atoms with Crippen molar-refractivity contribution in [2.45, 2.75) is 51.0 Å². The molecule has 4 nitrogen and oxygen atoms in total. The zero-order valence-corrected chi connectivity index (χ0v) is 11.8. The number of nitrogens with two attached hydrogens (primary N) is 1. The highest BCUT2D eigenvalue weighted by Crippen LogP contribution is 2.33. The van der Waals surface area contributed by atoms with E-state index >= 15 is 0 Å². The summed E-state index contributed by atoms with van der Waals surface area (Å²) >= 11 is 0. The first kappa shape index (κ1) is 14.1. The van der Waals surface area contributed by atoms with Crippen molar-refractivity contribution in [2.24, 2.45) is 5.73 Å². The average molecular weight is 263 g/mol. The summed E-state index contributed by atoms with van der Waals surface area (Å²) in [4.78, 5) is 4.43. The lowest BCUT2D eigenvalue weighted by Crippen LogP contribution is -2.47. The second-order valence-electron chi connectivity index (χ2n) is 5.37. The molecule has 1 heterocycles. The molecular weight excluding hydrogens is 238 g/mol. The van der Waals surface area contributed by atoms with E-state index in [1.165, 1.54) is 19.3 Å². The quantitative estimate of drug-likeness (QED) is 0.828.